The summed E-state index contributed by atoms with van der Waals surface area (Å²) in [5.74, 6) is -0.0566. The van der Waals surface area contributed by atoms with Gasteiger partial charge in [0.2, 0.25) is 0 Å². The third kappa shape index (κ3) is 3.83. The van der Waals surface area contributed by atoms with Crippen molar-refractivity contribution in [3.63, 3.8) is 0 Å². The quantitative estimate of drug-likeness (QED) is 0.626. The summed E-state index contributed by atoms with van der Waals surface area (Å²) in [5, 5.41) is 1.34. The second-order valence-electron chi connectivity index (χ2n) is 5.33. The standard InChI is InChI=1S/C17H15ClN2O3S/c1-10(2)23-14-8-19-6-5-12(14)17(21)22-9-16-20-13-7-11(18)3-4-15(13)24-16/h3-8,10H,9H2,1-2H3. The second kappa shape index (κ2) is 7.15. The van der Waals surface area contributed by atoms with E-state index in [1.165, 1.54) is 23.7 Å². The molecule has 0 N–H and O–H groups in total. The van der Waals surface area contributed by atoms with Crippen LogP contribution in [0.4, 0.5) is 0 Å². The van der Waals surface area contributed by atoms with Crippen LogP contribution in [0.5, 0.6) is 5.75 Å². The van der Waals surface area contributed by atoms with Crippen LogP contribution in [0, 0.1) is 0 Å². The average molecular weight is 363 g/mol. The van der Waals surface area contributed by atoms with E-state index < -0.39 is 5.97 Å². The van der Waals surface area contributed by atoms with Gasteiger partial charge in [-0.2, -0.15) is 0 Å². The van der Waals surface area contributed by atoms with Crippen molar-refractivity contribution in [2.24, 2.45) is 0 Å². The Morgan fingerprint density at radius 2 is 2.17 bits per heavy atom. The van der Waals surface area contributed by atoms with Gasteiger partial charge in [0.25, 0.3) is 0 Å². The van der Waals surface area contributed by atoms with E-state index in [1.807, 2.05) is 26.0 Å². The number of carbonyl (C=O) groups is 1. The van der Waals surface area contributed by atoms with Crippen molar-refractivity contribution in [3.05, 3.63) is 52.3 Å². The fourth-order valence-electron chi connectivity index (χ4n) is 2.11. The fourth-order valence-corrected chi connectivity index (χ4v) is 3.14. The number of nitrogens with zero attached hydrogens (tertiary/aromatic N) is 2. The van der Waals surface area contributed by atoms with Crippen LogP contribution in [0.15, 0.2) is 36.7 Å². The molecule has 0 saturated carbocycles. The Morgan fingerprint density at radius 1 is 1.33 bits per heavy atom. The number of carbonyl (C=O) groups excluding carboxylic acids is 1. The van der Waals surface area contributed by atoms with E-state index >= 15 is 0 Å². The summed E-state index contributed by atoms with van der Waals surface area (Å²) in [5.41, 5.74) is 1.15. The molecular weight excluding hydrogens is 348 g/mol. The zero-order chi connectivity index (χ0) is 17.1. The predicted molar refractivity (Wildman–Crippen MR) is 93.8 cm³/mol. The van der Waals surface area contributed by atoms with Crippen molar-refractivity contribution in [1.29, 1.82) is 0 Å². The minimum Gasteiger partial charge on any atom is -0.488 e. The van der Waals surface area contributed by atoms with Crippen LogP contribution in [0.3, 0.4) is 0 Å². The van der Waals surface area contributed by atoms with Crippen LogP contribution >= 0.6 is 22.9 Å². The van der Waals surface area contributed by atoms with Crippen molar-refractivity contribution >= 4 is 39.1 Å². The molecule has 0 aliphatic rings. The van der Waals surface area contributed by atoms with Crippen molar-refractivity contribution < 1.29 is 14.3 Å². The maximum atomic E-state index is 12.3. The highest BCUT2D eigenvalue weighted by Crippen LogP contribution is 2.26. The topological polar surface area (TPSA) is 61.3 Å². The van der Waals surface area contributed by atoms with Gasteiger partial charge in [0.15, 0.2) is 5.75 Å². The van der Waals surface area contributed by atoms with Crippen molar-refractivity contribution in [1.82, 2.24) is 9.97 Å². The molecule has 0 aliphatic heterocycles. The summed E-state index contributed by atoms with van der Waals surface area (Å²) < 4.78 is 12.0. The third-order valence-electron chi connectivity index (χ3n) is 3.09. The number of halogens is 1. The lowest BCUT2D eigenvalue weighted by Crippen LogP contribution is -2.12. The molecule has 2 aromatic heterocycles. The van der Waals surface area contributed by atoms with Crippen molar-refractivity contribution in [3.8, 4) is 5.75 Å². The van der Waals surface area contributed by atoms with Gasteiger partial charge in [0.1, 0.15) is 17.2 Å². The molecule has 1 aromatic carbocycles. The molecular formula is C17H15ClN2O3S. The van der Waals surface area contributed by atoms with Gasteiger partial charge in [-0.15, -0.1) is 11.3 Å². The Hall–Kier alpha value is -2.18. The van der Waals surface area contributed by atoms with Gasteiger partial charge in [-0.25, -0.2) is 9.78 Å². The number of hydrogen-bond acceptors (Lipinski definition) is 6. The van der Waals surface area contributed by atoms with Crippen molar-refractivity contribution in [2.75, 3.05) is 0 Å². The lowest BCUT2D eigenvalue weighted by Gasteiger charge is -2.12. The second-order valence-corrected chi connectivity index (χ2v) is 6.89. The molecule has 0 spiro atoms. The number of thiazole rings is 1. The first-order chi connectivity index (χ1) is 11.5. The van der Waals surface area contributed by atoms with E-state index in [1.54, 1.807) is 12.1 Å². The maximum Gasteiger partial charge on any atom is 0.342 e. The number of ether oxygens (including phenoxy) is 2. The molecule has 7 heteroatoms. The number of aromatic nitrogens is 2. The number of pyridine rings is 1. The Balaban J connectivity index is 1.73. The summed E-state index contributed by atoms with van der Waals surface area (Å²) in [6.07, 6.45) is 2.98. The van der Waals surface area contributed by atoms with Gasteiger partial charge in [-0.05, 0) is 38.1 Å². The smallest absolute Gasteiger partial charge is 0.342 e. The van der Waals surface area contributed by atoms with Crippen LogP contribution < -0.4 is 4.74 Å². The summed E-state index contributed by atoms with van der Waals surface area (Å²) in [6.45, 7) is 3.86. The average Bonchev–Trinajstić information content (AvgIpc) is 2.94. The van der Waals surface area contributed by atoms with E-state index in [4.69, 9.17) is 21.1 Å². The Bertz CT molecular complexity index is 879. The first-order valence-electron chi connectivity index (χ1n) is 7.35. The van der Waals surface area contributed by atoms with Gasteiger partial charge in [-0.3, -0.25) is 4.98 Å². The van der Waals surface area contributed by atoms with Gasteiger partial charge in [0.05, 0.1) is 22.5 Å². The van der Waals surface area contributed by atoms with Gasteiger partial charge < -0.3 is 9.47 Å². The van der Waals surface area contributed by atoms with Gasteiger partial charge >= 0.3 is 5.97 Å². The molecule has 0 fully saturated rings. The molecule has 0 bridgehead atoms. The number of fused-ring (bicyclic) bond motifs is 1. The molecule has 24 heavy (non-hydrogen) atoms. The van der Waals surface area contributed by atoms with E-state index in [0.717, 1.165) is 10.2 Å². The van der Waals surface area contributed by atoms with E-state index in [-0.39, 0.29) is 12.7 Å². The van der Waals surface area contributed by atoms with E-state index in [0.29, 0.717) is 21.3 Å². The highest BCUT2D eigenvalue weighted by molar-refractivity contribution is 7.18. The lowest BCUT2D eigenvalue weighted by atomic mass is 10.2. The summed E-state index contributed by atoms with van der Waals surface area (Å²) in [7, 11) is 0. The Morgan fingerprint density at radius 3 is 2.96 bits per heavy atom. The Labute approximate surface area is 148 Å². The van der Waals surface area contributed by atoms with Crippen LogP contribution in [0.1, 0.15) is 29.2 Å². The molecule has 0 aliphatic carbocycles. The normalized spacial score (nSPS) is 11.0. The number of benzene rings is 1. The number of hydrogen-bond donors (Lipinski definition) is 0. The van der Waals surface area contributed by atoms with Gasteiger partial charge in [-0.1, -0.05) is 11.6 Å². The summed E-state index contributed by atoms with van der Waals surface area (Å²) in [4.78, 5) is 20.7. The van der Waals surface area contributed by atoms with Crippen LogP contribution in [-0.2, 0) is 11.3 Å². The SMILES string of the molecule is CC(C)Oc1cnccc1C(=O)OCc1nc2cc(Cl)ccc2s1. The first-order valence-corrected chi connectivity index (χ1v) is 8.55. The molecule has 124 valence electrons. The third-order valence-corrected chi connectivity index (χ3v) is 4.33. The predicted octanol–water partition coefficient (Wildman–Crippen LogP) is 4.49. The highest BCUT2D eigenvalue weighted by Gasteiger charge is 2.16. The maximum absolute atomic E-state index is 12.3. The Kier molecular flexibility index (Phi) is 4.97. The summed E-state index contributed by atoms with van der Waals surface area (Å²) in [6, 6.07) is 7.08. The zero-order valence-electron chi connectivity index (χ0n) is 13.2. The molecule has 5 nitrogen and oxygen atoms in total. The number of esters is 1. The van der Waals surface area contributed by atoms with Gasteiger partial charge in [0, 0.05) is 11.2 Å². The molecule has 3 aromatic rings. The van der Waals surface area contributed by atoms with Crippen molar-refractivity contribution in [2.45, 2.75) is 26.6 Å². The minimum absolute atomic E-state index is 0.0604. The van der Waals surface area contributed by atoms with Crippen LogP contribution in [0.25, 0.3) is 10.2 Å². The monoisotopic (exact) mass is 362 g/mol. The van der Waals surface area contributed by atoms with Crippen LogP contribution in [-0.4, -0.2) is 22.0 Å². The molecule has 0 unspecified atom stereocenters. The van der Waals surface area contributed by atoms with E-state index in [2.05, 4.69) is 9.97 Å². The molecule has 2 heterocycles. The minimum atomic E-state index is -0.467. The molecule has 0 amide bonds. The zero-order valence-corrected chi connectivity index (χ0v) is 14.7. The van der Waals surface area contributed by atoms with E-state index in [9.17, 15) is 4.79 Å². The first kappa shape index (κ1) is 16.7. The number of rotatable bonds is 5. The summed E-state index contributed by atoms with van der Waals surface area (Å²) >= 11 is 7.42. The van der Waals surface area contributed by atoms with Crippen LogP contribution in [0.2, 0.25) is 5.02 Å². The molecule has 0 atom stereocenters. The lowest BCUT2D eigenvalue weighted by molar-refractivity contribution is 0.0466. The fraction of sp³-hybridized carbons (Fsp3) is 0.235. The molecule has 0 saturated heterocycles. The largest absolute Gasteiger partial charge is 0.488 e. The molecule has 3 rings (SSSR count). The molecule has 0 radical (unpaired) electrons. The highest BCUT2D eigenvalue weighted by atomic mass is 35.5.